The highest BCUT2D eigenvalue weighted by Gasteiger charge is 2.23. The molecule has 1 fully saturated rings. The Labute approximate surface area is 112 Å². The van der Waals surface area contributed by atoms with Crippen molar-refractivity contribution in [3.63, 3.8) is 0 Å². The van der Waals surface area contributed by atoms with Crippen molar-refractivity contribution in [1.82, 2.24) is 4.72 Å². The van der Waals surface area contributed by atoms with Gasteiger partial charge in [0.1, 0.15) is 5.82 Å². The van der Waals surface area contributed by atoms with E-state index in [1.807, 2.05) is 0 Å². The highest BCUT2D eigenvalue weighted by molar-refractivity contribution is 7.88. The summed E-state index contributed by atoms with van der Waals surface area (Å²) in [6, 6.07) is 5.47. The Balaban J connectivity index is 1.95. The Morgan fingerprint density at radius 3 is 2.58 bits per heavy atom. The molecule has 1 saturated carbocycles. The van der Waals surface area contributed by atoms with E-state index in [2.05, 4.69) is 4.72 Å². The lowest BCUT2D eigenvalue weighted by Crippen LogP contribution is -2.39. The number of nitrogens with one attached hydrogen (secondary N) is 1. The third kappa shape index (κ3) is 4.56. The minimum absolute atomic E-state index is 0.123. The van der Waals surface area contributed by atoms with Crippen molar-refractivity contribution in [3.05, 3.63) is 35.6 Å². The Bertz CT molecular complexity index is 524. The summed E-state index contributed by atoms with van der Waals surface area (Å²) >= 11 is 0. The summed E-state index contributed by atoms with van der Waals surface area (Å²) in [4.78, 5) is 0. The zero-order chi connectivity index (χ0) is 13.9. The molecule has 0 radical (unpaired) electrons. The maximum absolute atomic E-state index is 13.0. The molecule has 0 aliphatic heterocycles. The molecule has 2 N–H and O–H groups in total. The summed E-state index contributed by atoms with van der Waals surface area (Å²) in [6.07, 6.45) is 2.21. The van der Waals surface area contributed by atoms with Crippen LogP contribution in [-0.2, 0) is 15.8 Å². The molecule has 0 saturated heterocycles. The van der Waals surface area contributed by atoms with Crippen LogP contribution in [0.4, 0.5) is 4.39 Å². The largest absolute Gasteiger partial charge is 0.393 e. The quantitative estimate of drug-likeness (QED) is 0.883. The van der Waals surface area contributed by atoms with Gasteiger partial charge in [0, 0.05) is 6.04 Å². The molecular weight excluding hydrogens is 269 g/mol. The van der Waals surface area contributed by atoms with Gasteiger partial charge in [-0.15, -0.1) is 0 Å². The predicted octanol–water partition coefficient (Wildman–Crippen LogP) is 1.55. The summed E-state index contributed by atoms with van der Waals surface area (Å²) in [5, 5.41) is 9.37. The molecule has 1 aromatic rings. The topological polar surface area (TPSA) is 66.4 Å². The predicted molar refractivity (Wildman–Crippen MR) is 70.4 cm³/mol. The van der Waals surface area contributed by atoms with E-state index >= 15 is 0 Å². The fourth-order valence-electron chi connectivity index (χ4n) is 2.34. The molecule has 0 heterocycles. The van der Waals surface area contributed by atoms with E-state index in [4.69, 9.17) is 0 Å². The molecule has 0 unspecified atom stereocenters. The molecular formula is C13H18FNO3S. The third-order valence-electron chi connectivity index (χ3n) is 3.29. The van der Waals surface area contributed by atoms with E-state index in [0.717, 1.165) is 0 Å². The van der Waals surface area contributed by atoms with Gasteiger partial charge in [-0.2, -0.15) is 0 Å². The van der Waals surface area contributed by atoms with Crippen molar-refractivity contribution in [2.24, 2.45) is 0 Å². The number of aliphatic hydroxyl groups is 1. The lowest BCUT2D eigenvalue weighted by atomic mass is 9.94. The molecule has 106 valence electrons. The van der Waals surface area contributed by atoms with Gasteiger partial charge in [-0.05, 0) is 43.4 Å². The molecule has 0 amide bonds. The third-order valence-corrected chi connectivity index (χ3v) is 4.69. The Kier molecular flexibility index (Phi) is 4.54. The van der Waals surface area contributed by atoms with Gasteiger partial charge in [0.2, 0.25) is 10.0 Å². The van der Waals surface area contributed by atoms with Crippen molar-refractivity contribution in [2.45, 2.75) is 43.6 Å². The highest BCUT2D eigenvalue weighted by Crippen LogP contribution is 2.19. The number of halogens is 1. The van der Waals surface area contributed by atoms with Gasteiger partial charge in [-0.1, -0.05) is 12.1 Å². The number of hydrogen-bond donors (Lipinski definition) is 2. The minimum atomic E-state index is -3.47. The number of rotatable bonds is 4. The van der Waals surface area contributed by atoms with E-state index in [9.17, 15) is 17.9 Å². The molecule has 19 heavy (non-hydrogen) atoms. The lowest BCUT2D eigenvalue weighted by molar-refractivity contribution is 0.120. The van der Waals surface area contributed by atoms with Crippen LogP contribution >= 0.6 is 0 Å². The first-order valence-electron chi connectivity index (χ1n) is 6.37. The van der Waals surface area contributed by atoms with Gasteiger partial charge in [-0.25, -0.2) is 17.5 Å². The Hall–Kier alpha value is -0.980. The number of benzene rings is 1. The second-order valence-electron chi connectivity index (χ2n) is 5.01. The van der Waals surface area contributed by atoms with Crippen LogP contribution in [0.15, 0.2) is 24.3 Å². The fraction of sp³-hybridized carbons (Fsp3) is 0.538. The smallest absolute Gasteiger partial charge is 0.216 e. The first-order chi connectivity index (χ1) is 8.94. The van der Waals surface area contributed by atoms with Gasteiger partial charge in [0.15, 0.2) is 0 Å². The van der Waals surface area contributed by atoms with Gasteiger partial charge < -0.3 is 5.11 Å². The molecule has 2 rings (SSSR count). The standard InChI is InChI=1S/C13H18FNO3S/c14-11-3-1-2-10(8-11)9-19(17,18)15-12-4-6-13(16)7-5-12/h1-3,8,12-13,15-16H,4-7,9H2. The number of hydrogen-bond acceptors (Lipinski definition) is 3. The molecule has 1 aliphatic rings. The average molecular weight is 287 g/mol. The van der Waals surface area contributed by atoms with E-state index in [1.54, 1.807) is 6.07 Å². The average Bonchev–Trinajstić information content (AvgIpc) is 2.31. The molecule has 1 aliphatic carbocycles. The maximum Gasteiger partial charge on any atom is 0.216 e. The van der Waals surface area contributed by atoms with Gasteiger partial charge in [0.25, 0.3) is 0 Å². The first-order valence-corrected chi connectivity index (χ1v) is 8.02. The van der Waals surface area contributed by atoms with Crippen molar-refractivity contribution in [3.8, 4) is 0 Å². The molecule has 6 heteroatoms. The molecule has 0 spiro atoms. The summed E-state index contributed by atoms with van der Waals surface area (Å²) in [5.41, 5.74) is 0.434. The van der Waals surface area contributed by atoms with Crippen LogP contribution in [-0.4, -0.2) is 25.7 Å². The van der Waals surface area contributed by atoms with Crippen LogP contribution in [0, 0.1) is 5.82 Å². The number of sulfonamides is 1. The Morgan fingerprint density at radius 2 is 1.95 bits per heavy atom. The normalized spacial score (nSPS) is 24.3. The van der Waals surface area contributed by atoms with E-state index in [1.165, 1.54) is 18.2 Å². The van der Waals surface area contributed by atoms with Gasteiger partial charge in [0.05, 0.1) is 11.9 Å². The van der Waals surface area contributed by atoms with Crippen molar-refractivity contribution >= 4 is 10.0 Å². The second kappa shape index (κ2) is 5.98. The molecule has 4 nitrogen and oxygen atoms in total. The fourth-order valence-corrected chi connectivity index (χ4v) is 3.78. The summed E-state index contributed by atoms with van der Waals surface area (Å²) < 4.78 is 39.6. The van der Waals surface area contributed by atoms with Gasteiger partial charge in [-0.3, -0.25) is 0 Å². The van der Waals surface area contributed by atoms with Crippen molar-refractivity contribution in [1.29, 1.82) is 0 Å². The first kappa shape index (κ1) is 14.4. The molecule has 0 atom stereocenters. The van der Waals surface area contributed by atoms with Crippen LogP contribution in [0.1, 0.15) is 31.2 Å². The maximum atomic E-state index is 13.0. The van der Waals surface area contributed by atoms with Crippen LogP contribution in [0.2, 0.25) is 0 Å². The zero-order valence-corrected chi connectivity index (χ0v) is 11.4. The molecule has 0 aromatic heterocycles. The van der Waals surface area contributed by atoms with E-state index < -0.39 is 15.8 Å². The van der Waals surface area contributed by atoms with E-state index in [0.29, 0.717) is 31.2 Å². The second-order valence-corrected chi connectivity index (χ2v) is 6.77. The summed E-state index contributed by atoms with van der Waals surface area (Å²) in [6.45, 7) is 0. The summed E-state index contributed by atoms with van der Waals surface area (Å²) in [5.74, 6) is -0.655. The van der Waals surface area contributed by atoms with Crippen LogP contribution in [0.25, 0.3) is 0 Å². The summed E-state index contributed by atoms with van der Waals surface area (Å²) in [7, 11) is -3.47. The number of aliphatic hydroxyl groups excluding tert-OH is 1. The van der Waals surface area contributed by atoms with Crippen LogP contribution in [0.5, 0.6) is 0 Å². The monoisotopic (exact) mass is 287 g/mol. The Morgan fingerprint density at radius 1 is 1.26 bits per heavy atom. The lowest BCUT2D eigenvalue weighted by Gasteiger charge is -2.25. The highest BCUT2D eigenvalue weighted by atomic mass is 32.2. The van der Waals surface area contributed by atoms with Crippen LogP contribution < -0.4 is 4.72 Å². The SMILES string of the molecule is O=S(=O)(Cc1cccc(F)c1)NC1CCC(O)CC1. The van der Waals surface area contributed by atoms with Crippen molar-refractivity contribution in [2.75, 3.05) is 0 Å². The van der Waals surface area contributed by atoms with E-state index in [-0.39, 0.29) is 17.9 Å². The zero-order valence-electron chi connectivity index (χ0n) is 10.5. The molecule has 1 aromatic carbocycles. The minimum Gasteiger partial charge on any atom is -0.393 e. The molecule has 0 bridgehead atoms. The van der Waals surface area contributed by atoms with Crippen LogP contribution in [0.3, 0.4) is 0 Å². The van der Waals surface area contributed by atoms with Crippen molar-refractivity contribution < 1.29 is 17.9 Å². The van der Waals surface area contributed by atoms with Gasteiger partial charge >= 0.3 is 0 Å².